The van der Waals surface area contributed by atoms with E-state index >= 15 is 0 Å². The fourth-order valence-electron chi connectivity index (χ4n) is 7.46. The Kier molecular flexibility index (Phi) is 7.08. The fourth-order valence-corrected chi connectivity index (χ4v) is 7.46. The van der Waals surface area contributed by atoms with Crippen LogP contribution in [0.5, 0.6) is 0 Å². The van der Waals surface area contributed by atoms with E-state index in [-0.39, 0.29) is 0 Å². The zero-order valence-electron chi connectivity index (χ0n) is 28.7. The van der Waals surface area contributed by atoms with Crippen molar-refractivity contribution in [3.63, 3.8) is 0 Å². The summed E-state index contributed by atoms with van der Waals surface area (Å²) in [4.78, 5) is 14.5. The Morgan fingerprint density at radius 2 is 1.36 bits per heavy atom. The fraction of sp³-hybridized carbons (Fsp3) is 0.0200. The predicted molar refractivity (Wildman–Crippen MR) is 218 cm³/mol. The summed E-state index contributed by atoms with van der Waals surface area (Å²) in [7, 11) is 0. The highest BCUT2D eigenvalue weighted by atomic mass is 14.9. The molecule has 2 heterocycles. The Hall–Kier alpha value is -7.51. The van der Waals surface area contributed by atoms with Gasteiger partial charge in [0.25, 0.3) is 0 Å². The number of benzene rings is 6. The quantitative estimate of drug-likeness (QED) is 0.171. The molecule has 1 aliphatic carbocycles. The van der Waals surface area contributed by atoms with Crippen LogP contribution in [-0.2, 0) is 0 Å². The summed E-state index contributed by atoms with van der Waals surface area (Å²) in [5.74, 6) is 0.578. The van der Waals surface area contributed by atoms with E-state index in [0.717, 1.165) is 77.3 Å². The standard InChI is InChI=1S/C50H27N3/c1-32-18-24-41-36(27-32)11-7-17-40(41)33-19-21-34(22-20-33)49-48(37-10-6-9-35(28-37)39-12-8-26-51-30-39)31-52-50(53-49)38-23-25-46-44-15-3-2-13-42(44)43-14-4-5-16-45(43)47(46)29-38/h2-3,6-7,9-11,13-22,24,26-31H,1H3. The van der Waals surface area contributed by atoms with Crippen molar-refractivity contribution in [2.45, 2.75) is 6.92 Å². The molecule has 3 nitrogen and oxygen atoms in total. The second kappa shape index (κ2) is 12.4. The van der Waals surface area contributed by atoms with Crippen LogP contribution in [0.2, 0.25) is 0 Å². The van der Waals surface area contributed by atoms with E-state index in [1.165, 1.54) is 21.9 Å². The third kappa shape index (κ3) is 5.27. The third-order valence-corrected chi connectivity index (χ3v) is 10.0. The van der Waals surface area contributed by atoms with Crippen molar-refractivity contribution in [3.8, 4) is 44.9 Å². The Balaban J connectivity index is 1.14. The van der Waals surface area contributed by atoms with Crippen LogP contribution in [0.1, 0.15) is 22.3 Å². The summed E-state index contributed by atoms with van der Waals surface area (Å²) in [5, 5.41) is 6.81. The minimum absolute atomic E-state index is 0.578. The monoisotopic (exact) mass is 669 g/mol. The van der Waals surface area contributed by atoms with Crippen LogP contribution >= 0.6 is 0 Å². The number of nitrogens with zero attached hydrogens (tertiary/aromatic N) is 3. The van der Waals surface area contributed by atoms with Gasteiger partial charge in [-0.2, -0.15) is 0 Å². The molecule has 0 saturated heterocycles. The smallest absolute Gasteiger partial charge is 0.168 e. The molecular formula is C50H27N3. The van der Waals surface area contributed by atoms with Gasteiger partial charge in [-0.3, -0.25) is 4.99 Å². The second-order valence-corrected chi connectivity index (χ2v) is 13.3. The summed E-state index contributed by atoms with van der Waals surface area (Å²) in [6, 6.07) is 47.6. The van der Waals surface area contributed by atoms with Crippen molar-refractivity contribution < 1.29 is 0 Å². The summed E-state index contributed by atoms with van der Waals surface area (Å²) >= 11 is 0. The van der Waals surface area contributed by atoms with E-state index < -0.39 is 0 Å². The van der Waals surface area contributed by atoms with Crippen LogP contribution in [0, 0.1) is 19.1 Å². The number of allylic oxidation sites excluding steroid dienone is 1. The van der Waals surface area contributed by atoms with Gasteiger partial charge < -0.3 is 0 Å². The van der Waals surface area contributed by atoms with Crippen molar-refractivity contribution in [2.24, 2.45) is 4.99 Å². The molecule has 3 heteroatoms. The number of fused-ring (bicyclic) bond motifs is 7. The molecular weight excluding hydrogens is 643 g/mol. The topological polar surface area (TPSA) is 38.1 Å². The van der Waals surface area contributed by atoms with E-state index in [4.69, 9.17) is 9.97 Å². The van der Waals surface area contributed by atoms with Crippen LogP contribution in [0.3, 0.4) is 0 Å². The van der Waals surface area contributed by atoms with Crippen LogP contribution in [-0.4, -0.2) is 16.2 Å². The van der Waals surface area contributed by atoms with Crippen LogP contribution in [0.15, 0.2) is 156 Å². The molecule has 1 aliphatic heterocycles. The maximum Gasteiger partial charge on any atom is 0.168 e. The molecule has 0 N–H and O–H groups in total. The van der Waals surface area contributed by atoms with Crippen molar-refractivity contribution in [3.05, 3.63) is 185 Å². The molecule has 10 rings (SSSR count). The molecule has 1 aromatic heterocycles. The number of rotatable bonds is 5. The van der Waals surface area contributed by atoms with Crippen LogP contribution in [0.4, 0.5) is 0 Å². The molecule has 0 bridgehead atoms. The number of aliphatic imine (C=N–C) groups is 1. The van der Waals surface area contributed by atoms with E-state index in [9.17, 15) is 0 Å². The van der Waals surface area contributed by atoms with Crippen LogP contribution in [0.25, 0.3) is 94.9 Å². The predicted octanol–water partition coefficient (Wildman–Crippen LogP) is 12.0. The molecule has 0 spiro atoms. The van der Waals surface area contributed by atoms with Gasteiger partial charge in [0.05, 0.1) is 23.0 Å². The van der Waals surface area contributed by atoms with Gasteiger partial charge in [0, 0.05) is 34.3 Å². The Bertz CT molecular complexity index is 3100. The number of hydrogen-bond acceptors (Lipinski definition) is 3. The van der Waals surface area contributed by atoms with Gasteiger partial charge in [-0.25, -0.2) is 9.97 Å². The largest absolute Gasteiger partial charge is 0.254 e. The molecule has 0 radical (unpaired) electrons. The Morgan fingerprint density at radius 3 is 2.21 bits per heavy atom. The summed E-state index contributed by atoms with van der Waals surface area (Å²) in [5.41, 5.74) is 24.7. The number of aromatic nitrogens is 2. The molecule has 0 amide bonds. The normalized spacial score (nSPS) is 12.4. The number of aryl methyl sites for hydroxylation is 1. The molecule has 7 aromatic carbocycles. The number of hydrogen-bond donors (Lipinski definition) is 0. The van der Waals surface area contributed by atoms with Gasteiger partial charge in [0.15, 0.2) is 5.82 Å². The maximum atomic E-state index is 5.30. The first kappa shape index (κ1) is 30.3. The maximum absolute atomic E-state index is 5.30. The van der Waals surface area contributed by atoms with Crippen molar-refractivity contribution in [1.29, 1.82) is 0 Å². The second-order valence-electron chi connectivity index (χ2n) is 13.3. The van der Waals surface area contributed by atoms with Crippen LogP contribution < -0.4 is 0 Å². The van der Waals surface area contributed by atoms with Gasteiger partial charge >= 0.3 is 0 Å². The van der Waals surface area contributed by atoms with Gasteiger partial charge in [0.1, 0.15) is 0 Å². The summed E-state index contributed by atoms with van der Waals surface area (Å²) in [6.45, 7) is 2.13. The molecule has 0 saturated carbocycles. The molecule has 0 unspecified atom stereocenters. The Labute approximate surface area is 307 Å². The lowest BCUT2D eigenvalue weighted by molar-refractivity contribution is 1.18. The lowest BCUT2D eigenvalue weighted by atomic mass is 9.90. The molecule has 2 aliphatic rings. The molecule has 0 atom stereocenters. The van der Waals surface area contributed by atoms with Crippen molar-refractivity contribution >= 4 is 56.3 Å². The summed E-state index contributed by atoms with van der Waals surface area (Å²) in [6.07, 6.45) is 9.36. The minimum atomic E-state index is 0.578. The first-order valence-corrected chi connectivity index (χ1v) is 17.5. The van der Waals surface area contributed by atoms with E-state index in [1.807, 2.05) is 24.4 Å². The van der Waals surface area contributed by atoms with Crippen molar-refractivity contribution in [1.82, 2.24) is 9.97 Å². The molecule has 0 fully saturated rings. The zero-order valence-corrected chi connectivity index (χ0v) is 28.7. The van der Waals surface area contributed by atoms with Gasteiger partial charge in [-0.05, 0) is 91.9 Å². The highest BCUT2D eigenvalue weighted by molar-refractivity contribution is 6.15. The van der Waals surface area contributed by atoms with E-state index in [0.29, 0.717) is 5.82 Å². The minimum Gasteiger partial charge on any atom is -0.254 e. The van der Waals surface area contributed by atoms with Gasteiger partial charge in [-0.1, -0.05) is 138 Å². The third-order valence-electron chi connectivity index (χ3n) is 10.0. The molecule has 53 heavy (non-hydrogen) atoms. The molecule has 242 valence electrons. The average Bonchev–Trinajstić information content (AvgIpc) is 3.23. The highest BCUT2D eigenvalue weighted by Crippen LogP contribution is 2.38. The van der Waals surface area contributed by atoms with Crippen molar-refractivity contribution in [2.75, 3.05) is 0 Å². The first-order valence-electron chi connectivity index (χ1n) is 17.5. The highest BCUT2D eigenvalue weighted by Gasteiger charge is 2.17. The van der Waals surface area contributed by atoms with Gasteiger partial charge in [0.2, 0.25) is 0 Å². The zero-order chi connectivity index (χ0) is 35.3. The average molecular weight is 670 g/mol. The SMILES string of the molecule is Cc1ccc2c(-c3ccc(-c4nc(-c5c#cc6c(c5)c5c(c7ccccc76)C=C=C=C5)ncc4-c4cccc(C5=C=C=CN=C5)c4)cc3)cccc2c1. The molecule has 8 aromatic rings. The van der Waals surface area contributed by atoms with E-state index in [1.54, 1.807) is 12.4 Å². The lowest BCUT2D eigenvalue weighted by Gasteiger charge is -2.14. The Morgan fingerprint density at radius 1 is 0.566 bits per heavy atom. The van der Waals surface area contributed by atoms with Gasteiger partial charge in [-0.15, -0.1) is 0 Å². The summed E-state index contributed by atoms with van der Waals surface area (Å²) < 4.78 is 0. The first-order chi connectivity index (χ1) is 26.2. The lowest BCUT2D eigenvalue weighted by Crippen LogP contribution is -1.97. The van der Waals surface area contributed by atoms with E-state index in [2.05, 4.69) is 156 Å².